The number of benzene rings is 1. The smallest absolute Gasteiger partial charge is 0.253 e. The molecule has 32 heavy (non-hydrogen) atoms. The van der Waals surface area contributed by atoms with Gasteiger partial charge in [0.05, 0.1) is 18.7 Å². The normalized spacial score (nSPS) is 11.9. The monoisotopic (exact) mass is 429 g/mol. The Morgan fingerprint density at radius 1 is 1.09 bits per heavy atom. The van der Waals surface area contributed by atoms with E-state index in [1.54, 1.807) is 48.4 Å². The lowest BCUT2D eigenvalue weighted by Crippen LogP contribution is -2.28. The van der Waals surface area contributed by atoms with E-state index in [1.807, 2.05) is 43.3 Å². The lowest BCUT2D eigenvalue weighted by atomic mass is 10.0. The minimum atomic E-state index is -0.203. The van der Waals surface area contributed by atoms with E-state index in [1.165, 1.54) is 0 Å². The van der Waals surface area contributed by atoms with Gasteiger partial charge in [0.25, 0.3) is 11.5 Å². The average Bonchev–Trinajstić information content (AvgIpc) is 2.79. The summed E-state index contributed by atoms with van der Waals surface area (Å²) in [5, 5.41) is 2.84. The molecule has 0 saturated carbocycles. The standard InChI is InChI=1S/C25H27N5O2/c1-18(26)13-28-19(2)14-29-25(32)23-12-22(15-27-16-23)11-20-6-8-21(9-7-20)17-30-10-4-3-5-24(30)31/h3-10,12-13,15-16H,11,14,17,26H2,1-2H3,(H,29,32)/b18-13+,28-19?. The third-order valence-electron chi connectivity index (χ3n) is 4.73. The largest absolute Gasteiger partial charge is 0.401 e. The summed E-state index contributed by atoms with van der Waals surface area (Å²) in [5.74, 6) is -0.203. The zero-order valence-corrected chi connectivity index (χ0v) is 18.3. The molecule has 7 heteroatoms. The fourth-order valence-corrected chi connectivity index (χ4v) is 3.06. The first-order chi connectivity index (χ1) is 15.4. The second-order valence-electron chi connectivity index (χ2n) is 7.66. The molecule has 7 nitrogen and oxygen atoms in total. The van der Waals surface area contributed by atoms with Crippen LogP contribution in [-0.2, 0) is 13.0 Å². The number of amides is 1. The molecular weight excluding hydrogens is 402 g/mol. The van der Waals surface area contributed by atoms with Gasteiger partial charge in [-0.2, -0.15) is 0 Å². The third kappa shape index (κ3) is 6.77. The number of nitrogens with zero attached hydrogens (tertiary/aromatic N) is 3. The number of aliphatic imine (C=N–C) groups is 1. The van der Waals surface area contributed by atoms with E-state index in [2.05, 4.69) is 15.3 Å². The second-order valence-corrected chi connectivity index (χ2v) is 7.66. The number of nitrogens with two attached hydrogens (primary N) is 1. The van der Waals surface area contributed by atoms with Crippen molar-refractivity contribution in [1.29, 1.82) is 0 Å². The molecule has 1 aromatic carbocycles. The van der Waals surface area contributed by atoms with Gasteiger partial charge in [0.2, 0.25) is 0 Å². The fourth-order valence-electron chi connectivity index (χ4n) is 3.06. The van der Waals surface area contributed by atoms with Gasteiger partial charge in [0.15, 0.2) is 0 Å². The summed E-state index contributed by atoms with van der Waals surface area (Å²) < 4.78 is 1.67. The number of carbonyl (C=O) groups excluding carboxylic acids is 1. The van der Waals surface area contributed by atoms with Gasteiger partial charge in [-0.25, -0.2) is 0 Å². The Morgan fingerprint density at radius 2 is 1.84 bits per heavy atom. The lowest BCUT2D eigenvalue weighted by Gasteiger charge is -2.08. The molecule has 0 aliphatic carbocycles. The Kier molecular flexibility index (Phi) is 7.70. The van der Waals surface area contributed by atoms with E-state index < -0.39 is 0 Å². The van der Waals surface area contributed by atoms with Gasteiger partial charge in [0.1, 0.15) is 0 Å². The number of allylic oxidation sites excluding steroid dienone is 1. The van der Waals surface area contributed by atoms with Crippen LogP contribution in [0.2, 0.25) is 0 Å². The van der Waals surface area contributed by atoms with Crippen LogP contribution in [0.4, 0.5) is 0 Å². The van der Waals surface area contributed by atoms with E-state index in [0.29, 0.717) is 30.8 Å². The number of hydrogen-bond acceptors (Lipinski definition) is 5. The summed E-state index contributed by atoms with van der Waals surface area (Å²) in [7, 11) is 0. The van der Waals surface area contributed by atoms with Gasteiger partial charge in [-0.15, -0.1) is 0 Å². The molecule has 2 aromatic heterocycles. The first-order valence-corrected chi connectivity index (χ1v) is 10.3. The van der Waals surface area contributed by atoms with Gasteiger partial charge in [-0.1, -0.05) is 30.3 Å². The van der Waals surface area contributed by atoms with E-state index in [4.69, 9.17) is 5.73 Å². The van der Waals surface area contributed by atoms with Gasteiger partial charge >= 0.3 is 0 Å². The Bertz CT molecular complexity index is 1190. The topological polar surface area (TPSA) is 102 Å². The molecule has 0 aliphatic heterocycles. The van der Waals surface area contributed by atoms with Crippen molar-refractivity contribution in [3.05, 3.63) is 112 Å². The first-order valence-electron chi connectivity index (χ1n) is 10.3. The van der Waals surface area contributed by atoms with E-state index in [0.717, 1.165) is 22.4 Å². The highest BCUT2D eigenvalue weighted by molar-refractivity contribution is 5.97. The van der Waals surface area contributed by atoms with Crippen LogP contribution in [-0.4, -0.2) is 27.7 Å². The molecule has 3 N–H and O–H groups in total. The van der Waals surface area contributed by atoms with Crippen LogP contribution in [0.1, 0.15) is 40.9 Å². The van der Waals surface area contributed by atoms with Crippen molar-refractivity contribution in [2.75, 3.05) is 6.54 Å². The summed E-state index contributed by atoms with van der Waals surface area (Å²) in [6.07, 6.45) is 7.31. The molecule has 0 spiro atoms. The van der Waals surface area contributed by atoms with Crippen LogP contribution in [0.5, 0.6) is 0 Å². The average molecular weight is 430 g/mol. The molecule has 0 atom stereocenters. The highest BCUT2D eigenvalue weighted by atomic mass is 16.1. The minimum absolute atomic E-state index is 0.0230. The summed E-state index contributed by atoms with van der Waals surface area (Å²) in [5.41, 5.74) is 10.5. The number of hydrogen-bond donors (Lipinski definition) is 2. The molecule has 0 bridgehead atoms. The van der Waals surface area contributed by atoms with Crippen molar-refractivity contribution in [3.8, 4) is 0 Å². The van der Waals surface area contributed by atoms with Crippen LogP contribution in [0.15, 0.2) is 88.8 Å². The van der Waals surface area contributed by atoms with Crippen molar-refractivity contribution >= 4 is 11.6 Å². The molecule has 0 radical (unpaired) electrons. The quantitative estimate of drug-likeness (QED) is 0.538. The molecule has 2 heterocycles. The summed E-state index contributed by atoms with van der Waals surface area (Å²) in [6, 6.07) is 15.1. The van der Waals surface area contributed by atoms with Crippen molar-refractivity contribution in [3.63, 3.8) is 0 Å². The van der Waals surface area contributed by atoms with Crippen LogP contribution in [0.3, 0.4) is 0 Å². The number of rotatable bonds is 8. The number of aromatic nitrogens is 2. The van der Waals surface area contributed by atoms with Gasteiger partial charge < -0.3 is 15.6 Å². The molecular formula is C25H27N5O2. The highest BCUT2D eigenvalue weighted by Gasteiger charge is 2.08. The molecule has 0 unspecified atom stereocenters. The predicted molar refractivity (Wildman–Crippen MR) is 127 cm³/mol. The first kappa shape index (κ1) is 22.7. The zero-order valence-electron chi connectivity index (χ0n) is 18.3. The van der Waals surface area contributed by atoms with Crippen LogP contribution in [0, 0.1) is 0 Å². The molecule has 0 aliphatic rings. The highest BCUT2D eigenvalue weighted by Crippen LogP contribution is 2.12. The van der Waals surface area contributed by atoms with Crippen molar-refractivity contribution in [2.24, 2.45) is 10.7 Å². The SMILES string of the molecule is CC(CNC(=O)c1cncc(Cc2ccc(Cn3ccccc3=O)cc2)c1)=N/C=C(\C)N. The summed E-state index contributed by atoms with van der Waals surface area (Å²) in [4.78, 5) is 32.7. The maximum Gasteiger partial charge on any atom is 0.253 e. The molecule has 0 saturated heterocycles. The number of pyridine rings is 2. The van der Waals surface area contributed by atoms with Gasteiger partial charge in [-0.3, -0.25) is 19.6 Å². The van der Waals surface area contributed by atoms with Gasteiger partial charge in [0, 0.05) is 42.3 Å². The molecule has 3 aromatic rings. The molecule has 0 fully saturated rings. The Morgan fingerprint density at radius 3 is 2.56 bits per heavy atom. The summed E-state index contributed by atoms with van der Waals surface area (Å²) in [6.45, 7) is 4.44. The van der Waals surface area contributed by atoms with E-state index in [9.17, 15) is 9.59 Å². The van der Waals surface area contributed by atoms with Crippen LogP contribution >= 0.6 is 0 Å². The fraction of sp³-hybridized carbons (Fsp3) is 0.200. The van der Waals surface area contributed by atoms with Crippen LogP contribution in [0.25, 0.3) is 0 Å². The molecule has 1 amide bonds. The molecule has 164 valence electrons. The Hall–Kier alpha value is -4.00. The van der Waals surface area contributed by atoms with Crippen molar-refractivity contribution in [2.45, 2.75) is 26.8 Å². The van der Waals surface area contributed by atoms with Gasteiger partial charge in [-0.05, 0) is 49.1 Å². The summed E-state index contributed by atoms with van der Waals surface area (Å²) >= 11 is 0. The van der Waals surface area contributed by atoms with E-state index in [-0.39, 0.29) is 11.5 Å². The lowest BCUT2D eigenvalue weighted by molar-refractivity contribution is 0.0959. The maximum atomic E-state index is 12.5. The second kappa shape index (κ2) is 10.9. The third-order valence-corrected chi connectivity index (χ3v) is 4.73. The number of nitrogens with one attached hydrogen (secondary N) is 1. The minimum Gasteiger partial charge on any atom is -0.401 e. The van der Waals surface area contributed by atoms with Crippen molar-refractivity contribution < 1.29 is 4.79 Å². The molecule has 3 rings (SSSR count). The predicted octanol–water partition coefficient (Wildman–Crippen LogP) is 2.89. The zero-order chi connectivity index (χ0) is 22.9. The Labute approximate surface area is 187 Å². The van der Waals surface area contributed by atoms with E-state index >= 15 is 0 Å². The Balaban J connectivity index is 1.61. The van der Waals surface area contributed by atoms with Crippen molar-refractivity contribution in [1.82, 2.24) is 14.9 Å². The number of carbonyl (C=O) groups is 1. The van der Waals surface area contributed by atoms with Crippen LogP contribution < -0.4 is 16.6 Å². The maximum absolute atomic E-state index is 12.5.